The summed E-state index contributed by atoms with van der Waals surface area (Å²) in [6.45, 7) is 0. The lowest BCUT2D eigenvalue weighted by molar-refractivity contribution is -0.134. The van der Waals surface area contributed by atoms with E-state index in [4.69, 9.17) is 0 Å². The molecule has 0 bridgehead atoms. The summed E-state index contributed by atoms with van der Waals surface area (Å²) < 4.78 is 74.9. The number of hydrogen-bond donors (Lipinski definition) is 0. The van der Waals surface area contributed by atoms with E-state index in [0.29, 0.717) is 22.3 Å². The Morgan fingerprint density at radius 1 is 0.542 bits per heavy atom. The molecule has 0 spiro atoms. The highest BCUT2D eigenvalue weighted by Gasteiger charge is 2.28. The minimum absolute atomic E-state index is 0.201. The Kier molecular flexibility index (Phi) is 5.57. The smallest absolute Gasteiger partial charge is 0.171 e. The van der Waals surface area contributed by atoms with Crippen LogP contribution in [-0.4, -0.2) is 12.4 Å². The summed E-state index contributed by atoms with van der Waals surface area (Å²) in [4.78, 5) is 0. The third kappa shape index (κ3) is 5.58. The second-order valence-electron chi connectivity index (χ2n) is 5.54. The Balaban J connectivity index is 2.32. The van der Waals surface area contributed by atoms with Gasteiger partial charge in [0.05, 0.1) is 0 Å². The molecule has 0 heterocycles. The van der Waals surface area contributed by atoms with Crippen molar-refractivity contribution in [2.45, 2.75) is 38.0 Å². The maximum absolute atomic E-state index is 12.5. The van der Waals surface area contributed by atoms with Crippen molar-refractivity contribution in [1.29, 1.82) is 0 Å². The average Bonchev–Trinajstić information content (AvgIpc) is 2.50. The fourth-order valence-corrected chi connectivity index (χ4v) is 2.55. The molecule has 2 aromatic carbocycles. The van der Waals surface area contributed by atoms with Gasteiger partial charge in [-0.15, -0.1) is 0 Å². The highest BCUT2D eigenvalue weighted by atomic mass is 19.4. The fraction of sp³-hybridized carbons (Fsp3) is 0.333. The summed E-state index contributed by atoms with van der Waals surface area (Å²) in [5, 5.41) is 0. The van der Waals surface area contributed by atoms with E-state index in [9.17, 15) is 26.3 Å². The molecule has 0 nitrogen and oxygen atoms in total. The molecule has 0 fully saturated rings. The Labute approximate surface area is 136 Å². The van der Waals surface area contributed by atoms with E-state index in [1.165, 1.54) is 0 Å². The maximum atomic E-state index is 12.5. The predicted octanol–water partition coefficient (Wildman–Crippen LogP) is 6.34. The number of rotatable bonds is 5. The van der Waals surface area contributed by atoms with Crippen LogP contribution in [-0.2, 0) is 12.8 Å². The van der Waals surface area contributed by atoms with Crippen molar-refractivity contribution in [3.63, 3.8) is 0 Å². The van der Waals surface area contributed by atoms with Crippen LogP contribution < -0.4 is 0 Å². The minimum atomic E-state index is -4.27. The summed E-state index contributed by atoms with van der Waals surface area (Å²) in [6, 6.07) is 13.1. The lowest BCUT2D eigenvalue weighted by Crippen LogP contribution is -2.10. The van der Waals surface area contributed by atoms with E-state index < -0.39 is 25.2 Å². The molecule has 0 saturated heterocycles. The number of hydrogen-bond acceptors (Lipinski definition) is 0. The van der Waals surface area contributed by atoms with Crippen molar-refractivity contribution in [1.82, 2.24) is 0 Å². The van der Waals surface area contributed by atoms with Crippen LogP contribution in [0.15, 0.2) is 48.5 Å². The van der Waals surface area contributed by atoms with Gasteiger partial charge in [0, 0.05) is 12.8 Å². The van der Waals surface area contributed by atoms with Crippen LogP contribution in [0.4, 0.5) is 26.3 Å². The third-order valence-electron chi connectivity index (χ3n) is 3.68. The van der Waals surface area contributed by atoms with Gasteiger partial charge in [0.15, 0.2) is 0 Å². The molecular formula is C18H16F6. The second-order valence-corrected chi connectivity index (χ2v) is 5.54. The zero-order valence-corrected chi connectivity index (χ0v) is 12.7. The van der Waals surface area contributed by atoms with Crippen molar-refractivity contribution in [2.24, 2.45) is 0 Å². The summed E-state index contributed by atoms with van der Waals surface area (Å²) >= 11 is 0. The van der Waals surface area contributed by atoms with Crippen molar-refractivity contribution < 1.29 is 26.3 Å². The molecule has 0 saturated carbocycles. The third-order valence-corrected chi connectivity index (χ3v) is 3.68. The van der Waals surface area contributed by atoms with E-state index in [2.05, 4.69) is 0 Å². The first-order chi connectivity index (χ1) is 11.2. The molecule has 0 aromatic heterocycles. The largest absolute Gasteiger partial charge is 0.389 e. The van der Waals surface area contributed by atoms with Crippen LogP contribution in [0.25, 0.3) is 11.1 Å². The first-order valence-electron chi connectivity index (χ1n) is 7.45. The Bertz CT molecular complexity index is 610. The zero-order valence-electron chi connectivity index (χ0n) is 12.7. The first kappa shape index (κ1) is 18.4. The molecule has 6 heteroatoms. The maximum Gasteiger partial charge on any atom is 0.389 e. The molecule has 130 valence electrons. The van der Waals surface area contributed by atoms with Crippen LogP contribution in [0, 0.1) is 0 Å². The van der Waals surface area contributed by atoms with Gasteiger partial charge in [-0.1, -0.05) is 48.5 Å². The molecule has 0 radical (unpaired) electrons. The van der Waals surface area contributed by atoms with Gasteiger partial charge >= 0.3 is 12.4 Å². The van der Waals surface area contributed by atoms with Crippen LogP contribution in [0.2, 0.25) is 0 Å². The van der Waals surface area contributed by atoms with Gasteiger partial charge in [-0.3, -0.25) is 0 Å². The van der Waals surface area contributed by atoms with Gasteiger partial charge < -0.3 is 0 Å². The topological polar surface area (TPSA) is 0 Å². The SMILES string of the molecule is FC(F)(F)CCc1ccccc1-c1ccccc1CCC(F)(F)F. The van der Waals surface area contributed by atoms with E-state index >= 15 is 0 Å². The Morgan fingerprint density at radius 2 is 0.875 bits per heavy atom. The van der Waals surface area contributed by atoms with E-state index in [1.54, 1.807) is 48.5 Å². The van der Waals surface area contributed by atoms with Gasteiger partial charge in [0.2, 0.25) is 0 Å². The van der Waals surface area contributed by atoms with E-state index in [0.717, 1.165) is 0 Å². The highest BCUT2D eigenvalue weighted by molar-refractivity contribution is 5.70. The number of halogens is 6. The number of benzene rings is 2. The number of aryl methyl sites for hydroxylation is 2. The Hall–Kier alpha value is -1.98. The molecule has 24 heavy (non-hydrogen) atoms. The molecule has 0 unspecified atom stereocenters. The van der Waals surface area contributed by atoms with Crippen molar-refractivity contribution in [3.05, 3.63) is 59.7 Å². The lowest BCUT2D eigenvalue weighted by Gasteiger charge is -2.15. The van der Waals surface area contributed by atoms with Crippen molar-refractivity contribution in [2.75, 3.05) is 0 Å². The average molecular weight is 346 g/mol. The van der Waals surface area contributed by atoms with Crippen molar-refractivity contribution in [3.8, 4) is 11.1 Å². The fourth-order valence-electron chi connectivity index (χ4n) is 2.55. The molecule has 0 aliphatic carbocycles. The molecule has 0 aliphatic heterocycles. The summed E-state index contributed by atoms with van der Waals surface area (Å²) in [5.41, 5.74) is 2.07. The molecule has 0 N–H and O–H groups in total. The molecular weight excluding hydrogens is 330 g/mol. The van der Waals surface area contributed by atoms with Gasteiger partial charge in [0.25, 0.3) is 0 Å². The zero-order chi connectivity index (χ0) is 17.8. The molecule has 0 atom stereocenters. The number of alkyl halides is 6. The van der Waals surface area contributed by atoms with Gasteiger partial charge in [-0.25, -0.2) is 0 Å². The first-order valence-corrected chi connectivity index (χ1v) is 7.45. The van der Waals surface area contributed by atoms with Gasteiger partial charge in [-0.2, -0.15) is 26.3 Å². The summed E-state index contributed by atoms with van der Waals surface area (Å²) in [6.07, 6.45) is -10.9. The lowest BCUT2D eigenvalue weighted by atomic mass is 9.91. The standard InChI is InChI=1S/C18H16F6/c19-17(20,21)11-9-13-5-1-3-7-15(13)16-8-4-2-6-14(16)10-12-18(22,23)24/h1-8H,9-12H2. The Morgan fingerprint density at radius 3 is 1.21 bits per heavy atom. The summed E-state index contributed by atoms with van der Waals surface area (Å²) in [5.74, 6) is 0. The van der Waals surface area contributed by atoms with Gasteiger partial charge in [0.1, 0.15) is 0 Å². The van der Waals surface area contributed by atoms with Crippen LogP contribution >= 0.6 is 0 Å². The van der Waals surface area contributed by atoms with Crippen LogP contribution in [0.3, 0.4) is 0 Å². The summed E-state index contributed by atoms with van der Waals surface area (Å²) in [7, 11) is 0. The second kappa shape index (κ2) is 7.28. The van der Waals surface area contributed by atoms with E-state index in [-0.39, 0.29) is 12.8 Å². The molecule has 2 rings (SSSR count). The van der Waals surface area contributed by atoms with Crippen LogP contribution in [0.1, 0.15) is 24.0 Å². The quantitative estimate of drug-likeness (QED) is 0.554. The van der Waals surface area contributed by atoms with Crippen molar-refractivity contribution >= 4 is 0 Å². The van der Waals surface area contributed by atoms with E-state index in [1.807, 2.05) is 0 Å². The normalized spacial score (nSPS) is 12.4. The van der Waals surface area contributed by atoms with Gasteiger partial charge in [-0.05, 0) is 35.1 Å². The molecule has 0 aliphatic rings. The molecule has 2 aromatic rings. The minimum Gasteiger partial charge on any atom is -0.171 e. The predicted molar refractivity (Wildman–Crippen MR) is 80.6 cm³/mol. The molecule has 0 amide bonds. The monoisotopic (exact) mass is 346 g/mol. The highest BCUT2D eigenvalue weighted by Crippen LogP contribution is 2.32. The van der Waals surface area contributed by atoms with Crippen LogP contribution in [0.5, 0.6) is 0 Å².